The van der Waals surface area contributed by atoms with Gasteiger partial charge in [0.05, 0.1) is 21.8 Å². The van der Waals surface area contributed by atoms with Crippen LogP contribution in [0, 0.1) is 28.1 Å². The van der Waals surface area contributed by atoms with Crippen LogP contribution in [0.15, 0.2) is 48.5 Å². The highest BCUT2D eigenvalue weighted by Crippen LogP contribution is 2.59. The molecule has 0 spiro atoms. The summed E-state index contributed by atoms with van der Waals surface area (Å²) >= 11 is 0. The van der Waals surface area contributed by atoms with E-state index in [9.17, 15) is 19.5 Å². The molecule has 4 fully saturated rings. The Labute approximate surface area is 310 Å². The molecule has 9 heteroatoms. The fraction of sp³-hybridized carbons (Fsp3) is 0.651. The first-order valence-corrected chi connectivity index (χ1v) is 19.2. The number of carbonyl (C=O) groups is 3. The van der Waals surface area contributed by atoms with Gasteiger partial charge in [0.25, 0.3) is 0 Å². The Morgan fingerprint density at radius 2 is 1.31 bits per heavy atom. The van der Waals surface area contributed by atoms with Crippen molar-refractivity contribution < 1.29 is 43.5 Å². The first-order valence-electron chi connectivity index (χ1n) is 19.2. The maximum atomic E-state index is 12.4. The Bertz CT molecular complexity index is 1530. The molecule has 0 amide bonds. The molecule has 288 valence electrons. The van der Waals surface area contributed by atoms with Gasteiger partial charge in [0.1, 0.15) is 22.8 Å². The molecule has 52 heavy (non-hydrogen) atoms. The zero-order valence-electron chi connectivity index (χ0n) is 32.9. The van der Waals surface area contributed by atoms with Crippen LogP contribution in [0.2, 0.25) is 0 Å². The molecule has 7 rings (SSSR count). The molecule has 4 bridgehead atoms. The smallest absolute Gasteiger partial charge is 0.316 e. The number of esters is 3. The SMILES string of the molecule is CCC(C)(C)C(=O)OC12CC3CC(CC(O)(C3)C1)C2.CCC(C)(C)C(=O)OC1CCc2ccccc2O1.CCC(C)(C)C(=O)Oc1ccc(O)cc1. The van der Waals surface area contributed by atoms with Crippen LogP contribution < -0.4 is 9.47 Å². The fourth-order valence-electron chi connectivity index (χ4n) is 7.44. The number of phenols is 1. The molecular formula is C43H62O9. The van der Waals surface area contributed by atoms with E-state index in [2.05, 4.69) is 0 Å². The Balaban J connectivity index is 0.000000176. The Hall–Kier alpha value is -3.59. The summed E-state index contributed by atoms with van der Waals surface area (Å²) in [6, 6.07) is 14.0. The zero-order chi connectivity index (χ0) is 38.5. The lowest BCUT2D eigenvalue weighted by Crippen LogP contribution is -2.61. The first-order chi connectivity index (χ1) is 24.2. The van der Waals surface area contributed by atoms with Gasteiger partial charge in [0.2, 0.25) is 6.29 Å². The maximum absolute atomic E-state index is 12.4. The van der Waals surface area contributed by atoms with Crippen LogP contribution in [0.25, 0.3) is 0 Å². The van der Waals surface area contributed by atoms with Crippen LogP contribution in [0.4, 0.5) is 0 Å². The van der Waals surface area contributed by atoms with E-state index in [1.165, 1.54) is 24.1 Å². The van der Waals surface area contributed by atoms with E-state index < -0.39 is 28.1 Å². The van der Waals surface area contributed by atoms with Gasteiger partial charge in [-0.25, -0.2) is 0 Å². The predicted octanol–water partition coefficient (Wildman–Crippen LogP) is 9.10. The van der Waals surface area contributed by atoms with Crippen molar-refractivity contribution >= 4 is 17.9 Å². The third kappa shape index (κ3) is 10.3. The lowest BCUT2D eigenvalue weighted by molar-refractivity contribution is -0.225. The van der Waals surface area contributed by atoms with E-state index >= 15 is 0 Å². The molecule has 1 heterocycles. The minimum atomic E-state index is -0.555. The van der Waals surface area contributed by atoms with Crippen molar-refractivity contribution in [1.82, 2.24) is 0 Å². The normalized spacial score (nSPS) is 25.9. The van der Waals surface area contributed by atoms with E-state index in [-0.39, 0.29) is 29.3 Å². The quantitative estimate of drug-likeness (QED) is 0.192. The third-order valence-electron chi connectivity index (χ3n) is 11.8. The summed E-state index contributed by atoms with van der Waals surface area (Å²) in [6.45, 7) is 17.3. The summed E-state index contributed by atoms with van der Waals surface area (Å²) in [5.41, 5.74) is -1.06. The molecule has 4 aliphatic carbocycles. The second kappa shape index (κ2) is 16.2. The molecular weight excluding hydrogens is 660 g/mol. The van der Waals surface area contributed by atoms with Crippen molar-refractivity contribution in [2.24, 2.45) is 28.1 Å². The summed E-state index contributed by atoms with van der Waals surface area (Å²) in [7, 11) is 0. The third-order valence-corrected chi connectivity index (χ3v) is 11.8. The van der Waals surface area contributed by atoms with E-state index in [1.54, 1.807) is 12.1 Å². The molecule has 3 atom stereocenters. The summed E-state index contributed by atoms with van der Waals surface area (Å²) in [5, 5.41) is 19.7. The predicted molar refractivity (Wildman–Crippen MR) is 200 cm³/mol. The van der Waals surface area contributed by atoms with Gasteiger partial charge in [-0.05, 0) is 147 Å². The molecule has 0 aromatic heterocycles. The molecule has 2 aromatic rings. The van der Waals surface area contributed by atoms with Crippen molar-refractivity contribution in [2.45, 2.75) is 150 Å². The number of carbonyl (C=O) groups excluding carboxylic acids is 3. The molecule has 0 radical (unpaired) electrons. The first kappa shape index (κ1) is 41.2. The van der Waals surface area contributed by atoms with Gasteiger partial charge in [-0.15, -0.1) is 0 Å². The minimum Gasteiger partial charge on any atom is -0.508 e. The van der Waals surface area contributed by atoms with E-state index in [4.69, 9.17) is 24.1 Å². The molecule has 5 aliphatic rings. The Morgan fingerprint density at radius 1 is 0.769 bits per heavy atom. The van der Waals surface area contributed by atoms with Gasteiger partial charge in [-0.2, -0.15) is 0 Å². The van der Waals surface area contributed by atoms with Crippen LogP contribution in [0.1, 0.15) is 132 Å². The topological polar surface area (TPSA) is 129 Å². The molecule has 0 saturated heterocycles. The van der Waals surface area contributed by atoms with Gasteiger partial charge in [-0.3, -0.25) is 14.4 Å². The van der Waals surface area contributed by atoms with Crippen LogP contribution in [0.3, 0.4) is 0 Å². The highest BCUT2D eigenvalue weighted by molar-refractivity contribution is 5.78. The van der Waals surface area contributed by atoms with E-state index in [0.29, 0.717) is 24.0 Å². The Kier molecular flexibility index (Phi) is 12.8. The lowest BCUT2D eigenvalue weighted by Gasteiger charge is -2.59. The molecule has 3 unspecified atom stereocenters. The number of hydrogen-bond acceptors (Lipinski definition) is 9. The number of fused-ring (bicyclic) bond motifs is 1. The maximum Gasteiger partial charge on any atom is 0.316 e. The van der Waals surface area contributed by atoms with Crippen LogP contribution in [-0.2, 0) is 30.3 Å². The second-order valence-corrected chi connectivity index (χ2v) is 17.5. The van der Waals surface area contributed by atoms with Gasteiger partial charge in [-0.1, -0.05) is 39.0 Å². The molecule has 1 aliphatic heterocycles. The van der Waals surface area contributed by atoms with Gasteiger partial charge in [0, 0.05) is 12.8 Å². The minimum absolute atomic E-state index is 0.0828. The largest absolute Gasteiger partial charge is 0.508 e. The molecule has 4 saturated carbocycles. The number of aromatic hydroxyl groups is 1. The zero-order valence-corrected chi connectivity index (χ0v) is 32.9. The number of hydrogen-bond donors (Lipinski definition) is 2. The fourth-order valence-corrected chi connectivity index (χ4v) is 7.44. The van der Waals surface area contributed by atoms with Crippen molar-refractivity contribution in [2.75, 3.05) is 0 Å². The van der Waals surface area contributed by atoms with E-state index in [1.807, 2.05) is 86.6 Å². The number of rotatable bonds is 9. The van der Waals surface area contributed by atoms with Gasteiger partial charge < -0.3 is 29.2 Å². The second-order valence-electron chi connectivity index (χ2n) is 17.5. The van der Waals surface area contributed by atoms with E-state index in [0.717, 1.165) is 63.5 Å². The summed E-state index contributed by atoms with van der Waals surface area (Å²) in [5.74, 6) is 2.04. The number of phenolic OH excluding ortho intramolecular Hbond substituents is 1. The number of aliphatic hydroxyl groups is 1. The average molecular weight is 723 g/mol. The van der Waals surface area contributed by atoms with Crippen molar-refractivity contribution in [3.05, 3.63) is 54.1 Å². The van der Waals surface area contributed by atoms with Crippen LogP contribution in [-0.4, -0.2) is 45.6 Å². The van der Waals surface area contributed by atoms with Gasteiger partial charge >= 0.3 is 17.9 Å². The number of benzene rings is 2. The van der Waals surface area contributed by atoms with Crippen molar-refractivity contribution in [1.29, 1.82) is 0 Å². The highest BCUT2D eigenvalue weighted by atomic mass is 16.7. The summed E-state index contributed by atoms with van der Waals surface area (Å²) in [4.78, 5) is 36.0. The molecule has 2 N–H and O–H groups in total. The van der Waals surface area contributed by atoms with Crippen molar-refractivity contribution in [3.63, 3.8) is 0 Å². The number of para-hydroxylation sites is 1. The summed E-state index contributed by atoms with van der Waals surface area (Å²) < 4.78 is 22.3. The number of ether oxygens (including phenoxy) is 4. The van der Waals surface area contributed by atoms with Crippen LogP contribution >= 0.6 is 0 Å². The van der Waals surface area contributed by atoms with Crippen LogP contribution in [0.5, 0.6) is 17.2 Å². The highest BCUT2D eigenvalue weighted by Gasteiger charge is 2.59. The Morgan fingerprint density at radius 3 is 1.87 bits per heavy atom. The summed E-state index contributed by atoms with van der Waals surface area (Å²) in [6.07, 6.45) is 9.10. The van der Waals surface area contributed by atoms with Crippen molar-refractivity contribution in [3.8, 4) is 17.2 Å². The molecule has 2 aromatic carbocycles. The molecule has 9 nitrogen and oxygen atoms in total. The average Bonchev–Trinajstić information content (AvgIpc) is 3.08. The lowest BCUT2D eigenvalue weighted by atomic mass is 9.52. The van der Waals surface area contributed by atoms with Gasteiger partial charge in [0.15, 0.2) is 0 Å². The number of aryl methyl sites for hydroxylation is 1. The monoisotopic (exact) mass is 722 g/mol. The standard InChI is InChI=1S/C16H26O3.C15H20O3.C12H16O3/c1-4-14(2,3)13(17)19-16-8-11-5-12(9-16)7-15(18,6-11)10-16;1-4-15(2,3)14(16)18-13-10-9-11-7-5-6-8-12(11)17-13;1-4-12(2,3)11(14)15-10-7-5-9(13)6-8-10/h11-12,18H,4-10H2,1-3H3;5-8,13H,4,9-10H2,1-3H3;5-8,13H,4H2,1-3H3.